The zero-order chi connectivity index (χ0) is 32.5. The molecular weight excluding hydrogens is 611 g/mol. The molecule has 0 aliphatic carbocycles. The van der Waals surface area contributed by atoms with Gasteiger partial charge in [-0.3, -0.25) is 9.59 Å². The molecule has 0 aromatic heterocycles. The number of carbonyl (C=O) groups is 2. The van der Waals surface area contributed by atoms with Crippen molar-refractivity contribution in [2.24, 2.45) is 0 Å². The number of alkyl halides is 7. The predicted molar refractivity (Wildman–Crippen MR) is 127 cm³/mol. The number of halogens is 9. The summed E-state index contributed by atoms with van der Waals surface area (Å²) in [4.78, 5) is 25.6. The number of aliphatic hydroxyl groups is 2. The third kappa shape index (κ3) is 6.54. The molecule has 2 atom stereocenters. The predicted octanol–water partition coefficient (Wildman–Crippen LogP) is 5.12. The fraction of sp³-hybridized carbons (Fsp3) is 0.200. The number of rotatable bonds is 9. The number of methoxy groups -OCH3 is 1. The van der Waals surface area contributed by atoms with Crippen LogP contribution in [0.5, 0.6) is 17.2 Å². The van der Waals surface area contributed by atoms with Crippen LogP contribution in [0.25, 0.3) is 0 Å². The van der Waals surface area contributed by atoms with Crippen LogP contribution in [0.4, 0.5) is 50.9 Å². The summed E-state index contributed by atoms with van der Waals surface area (Å²) in [5, 5.41) is 31.8. The van der Waals surface area contributed by atoms with Crippen LogP contribution in [0.3, 0.4) is 0 Å². The molecule has 232 valence electrons. The number of hydrogen-bond acceptors (Lipinski definition) is 7. The Bertz CT molecular complexity index is 1530. The second kappa shape index (κ2) is 11.9. The van der Waals surface area contributed by atoms with Crippen molar-refractivity contribution in [3.8, 4) is 17.2 Å². The summed E-state index contributed by atoms with van der Waals surface area (Å²) in [5.41, 5.74) is -10.7. The van der Waals surface area contributed by atoms with Gasteiger partial charge in [-0.1, -0.05) is 6.07 Å². The monoisotopic (exact) mass is 628 g/mol. The molecule has 2 amide bonds. The van der Waals surface area contributed by atoms with Gasteiger partial charge in [-0.15, -0.1) is 0 Å². The first kappa shape index (κ1) is 32.8. The molecule has 9 nitrogen and oxygen atoms in total. The zero-order valence-corrected chi connectivity index (χ0v) is 21.1. The Balaban J connectivity index is 2.05. The van der Waals surface area contributed by atoms with Crippen LogP contribution in [0.15, 0.2) is 48.5 Å². The van der Waals surface area contributed by atoms with Crippen molar-refractivity contribution in [2.45, 2.75) is 24.5 Å². The first-order chi connectivity index (χ1) is 19.8. The number of carbonyl (C=O) groups excluding carboxylic acids is 2. The number of aromatic hydroxyl groups is 1. The second-order valence-corrected chi connectivity index (χ2v) is 8.39. The molecule has 5 N–H and O–H groups in total. The van der Waals surface area contributed by atoms with Gasteiger partial charge >= 0.3 is 24.5 Å². The Kier molecular flexibility index (Phi) is 9.06. The summed E-state index contributed by atoms with van der Waals surface area (Å²) in [6, 6.07) is 4.76. The Morgan fingerprint density at radius 1 is 0.907 bits per heavy atom. The van der Waals surface area contributed by atoms with E-state index in [1.807, 2.05) is 5.32 Å². The average molecular weight is 628 g/mol. The molecule has 0 aliphatic rings. The van der Waals surface area contributed by atoms with E-state index < -0.39 is 87.6 Å². The smallest absolute Gasteiger partial charge is 0.435 e. The van der Waals surface area contributed by atoms with Gasteiger partial charge in [0.15, 0.2) is 11.5 Å². The molecule has 0 radical (unpaired) electrons. The minimum Gasteiger partial charge on any atom is -0.506 e. The van der Waals surface area contributed by atoms with Gasteiger partial charge in [0.2, 0.25) is 0 Å². The van der Waals surface area contributed by atoms with E-state index in [0.29, 0.717) is 6.07 Å². The first-order valence-electron chi connectivity index (χ1n) is 11.3. The highest BCUT2D eigenvalue weighted by Gasteiger charge is 2.72. The van der Waals surface area contributed by atoms with E-state index in [9.17, 15) is 54.2 Å². The second-order valence-electron chi connectivity index (χ2n) is 8.39. The van der Waals surface area contributed by atoms with E-state index >= 15 is 0 Å². The highest BCUT2D eigenvalue weighted by Crippen LogP contribution is 2.53. The van der Waals surface area contributed by atoms with Gasteiger partial charge in [-0.05, 0) is 36.4 Å². The minimum absolute atomic E-state index is 0.277. The molecule has 3 aromatic carbocycles. The van der Waals surface area contributed by atoms with Gasteiger partial charge in [0.05, 0.1) is 23.9 Å². The van der Waals surface area contributed by atoms with E-state index in [2.05, 4.69) is 10.1 Å². The topological polar surface area (TPSA) is 137 Å². The summed E-state index contributed by atoms with van der Waals surface area (Å²) in [6.45, 7) is -3.42. The Hall–Kier alpha value is -4.71. The number of hydrogen-bond donors (Lipinski definition) is 5. The van der Waals surface area contributed by atoms with Gasteiger partial charge in [0.25, 0.3) is 11.8 Å². The average Bonchev–Trinajstić information content (AvgIpc) is 2.87. The highest BCUT2D eigenvalue weighted by molar-refractivity contribution is 6.11. The van der Waals surface area contributed by atoms with Gasteiger partial charge in [-0.25, -0.2) is 13.2 Å². The quantitative estimate of drug-likeness (QED) is 0.126. The summed E-state index contributed by atoms with van der Waals surface area (Å²) in [5.74, 6) is -8.32. The standard InChI is InChI=1S/C25H17F9N2O7/c1-42-19-13(3-2-4-15(19)35-20(38)12-6-5-11(26)9-14(12)27)21(39)36-18-16(37)7-10(8-17(18)43-22(28)40)23(29,24(30,31)32)25(33,34)41/h2-9,22,37,40-41H,1H3,(H,35,38)(H,36,39). The number of ether oxygens (including phenoxy) is 2. The molecule has 2 unspecified atom stereocenters. The van der Waals surface area contributed by atoms with Crippen LogP contribution in [0.2, 0.25) is 0 Å². The molecule has 18 heteroatoms. The summed E-state index contributed by atoms with van der Waals surface area (Å²) < 4.78 is 131. The van der Waals surface area contributed by atoms with Crippen molar-refractivity contribution in [2.75, 3.05) is 17.7 Å². The lowest BCUT2D eigenvalue weighted by Gasteiger charge is -2.32. The van der Waals surface area contributed by atoms with Gasteiger partial charge < -0.3 is 35.4 Å². The van der Waals surface area contributed by atoms with Crippen LogP contribution in [-0.4, -0.2) is 53.1 Å². The number of amides is 2. The van der Waals surface area contributed by atoms with E-state index in [-0.39, 0.29) is 17.8 Å². The zero-order valence-electron chi connectivity index (χ0n) is 21.1. The number of phenolic OH excluding ortho intramolecular Hbond substituents is 1. The Labute approximate surface area is 234 Å². The van der Waals surface area contributed by atoms with Crippen LogP contribution >= 0.6 is 0 Å². The maximum atomic E-state index is 14.7. The fourth-order valence-electron chi connectivity index (χ4n) is 3.71. The van der Waals surface area contributed by atoms with Gasteiger partial charge in [-0.2, -0.15) is 26.3 Å². The van der Waals surface area contributed by atoms with E-state index in [4.69, 9.17) is 14.9 Å². The van der Waals surface area contributed by atoms with Crippen LogP contribution < -0.4 is 20.1 Å². The number of nitrogens with one attached hydrogen (secondary N) is 2. The molecule has 0 spiro atoms. The van der Waals surface area contributed by atoms with Crippen LogP contribution in [-0.2, 0) is 5.67 Å². The third-order valence-corrected chi connectivity index (χ3v) is 5.63. The maximum Gasteiger partial charge on any atom is 0.435 e. The van der Waals surface area contributed by atoms with Crippen LogP contribution in [0, 0.1) is 11.6 Å². The molecular formula is C25H17F9N2O7. The molecule has 0 bridgehead atoms. The van der Waals surface area contributed by atoms with Crippen molar-refractivity contribution < 1.29 is 73.9 Å². The van der Waals surface area contributed by atoms with E-state index in [1.165, 1.54) is 0 Å². The van der Waals surface area contributed by atoms with Gasteiger partial charge in [0.1, 0.15) is 23.1 Å². The largest absolute Gasteiger partial charge is 0.506 e. The molecule has 43 heavy (non-hydrogen) atoms. The Morgan fingerprint density at radius 2 is 1.53 bits per heavy atom. The number of benzene rings is 3. The molecule has 3 rings (SSSR count). The van der Waals surface area contributed by atoms with Crippen molar-refractivity contribution >= 4 is 23.2 Å². The lowest BCUT2D eigenvalue weighted by molar-refractivity contribution is -0.375. The SMILES string of the molecule is COc1c(NC(=O)c2ccc(F)cc2F)cccc1C(=O)Nc1c(O)cc(C(F)(C(O)(F)F)C(F)(F)F)cc1OC(O)F. The van der Waals surface area contributed by atoms with Crippen molar-refractivity contribution in [3.05, 3.63) is 76.9 Å². The lowest BCUT2D eigenvalue weighted by Crippen LogP contribution is -2.52. The highest BCUT2D eigenvalue weighted by atomic mass is 19.4. The Morgan fingerprint density at radius 3 is 2.07 bits per heavy atom. The molecule has 0 heterocycles. The molecule has 0 fully saturated rings. The lowest BCUT2D eigenvalue weighted by atomic mass is 9.92. The molecule has 3 aromatic rings. The van der Waals surface area contributed by atoms with E-state index in [1.54, 1.807) is 0 Å². The van der Waals surface area contributed by atoms with E-state index in [0.717, 1.165) is 37.4 Å². The molecule has 0 aliphatic heterocycles. The van der Waals surface area contributed by atoms with Crippen molar-refractivity contribution in [3.63, 3.8) is 0 Å². The number of anilines is 2. The number of aliphatic hydroxyl groups excluding tert-OH is 1. The number of para-hydroxylation sites is 1. The normalized spacial score (nSPS) is 14.0. The minimum atomic E-state index is -6.52. The van der Waals surface area contributed by atoms with Crippen molar-refractivity contribution in [1.82, 2.24) is 0 Å². The summed E-state index contributed by atoms with van der Waals surface area (Å²) >= 11 is 0. The fourth-order valence-corrected chi connectivity index (χ4v) is 3.71. The molecule has 0 saturated carbocycles. The van der Waals surface area contributed by atoms with Crippen molar-refractivity contribution in [1.29, 1.82) is 0 Å². The summed E-state index contributed by atoms with van der Waals surface area (Å²) in [6.07, 6.45) is -12.7. The summed E-state index contributed by atoms with van der Waals surface area (Å²) in [7, 11) is 0.994. The van der Waals surface area contributed by atoms with Gasteiger partial charge in [0, 0.05) is 11.6 Å². The maximum absolute atomic E-state index is 14.7. The van der Waals surface area contributed by atoms with Crippen LogP contribution in [0.1, 0.15) is 26.3 Å². The number of phenols is 1. The third-order valence-electron chi connectivity index (χ3n) is 5.63. The molecule has 0 saturated heterocycles. The first-order valence-corrected chi connectivity index (χ1v) is 11.3.